The van der Waals surface area contributed by atoms with Crippen LogP contribution < -0.4 is 16.4 Å². The lowest BCUT2D eigenvalue weighted by Gasteiger charge is -2.05. The van der Waals surface area contributed by atoms with Crippen molar-refractivity contribution < 1.29 is 14.0 Å². The predicted molar refractivity (Wildman–Crippen MR) is 71.7 cm³/mol. The first kappa shape index (κ1) is 14.7. The Morgan fingerprint density at radius 2 is 2.33 bits per heavy atom. The van der Waals surface area contributed by atoms with Crippen molar-refractivity contribution >= 4 is 11.9 Å². The SMILES string of the molecule is CC(N)c1cn(CC(=O)NC(=O)NCc2ccco2)nn1. The standard InChI is InChI=1S/C12H16N6O3/c1-8(13)10-6-18(17-16-10)7-11(19)15-12(20)14-5-9-3-2-4-21-9/h2-4,6,8H,5,7,13H2,1H3,(H2,14,15,19,20). The molecule has 0 saturated heterocycles. The van der Waals surface area contributed by atoms with E-state index in [1.165, 1.54) is 10.9 Å². The summed E-state index contributed by atoms with van der Waals surface area (Å²) in [5.74, 6) is 0.0866. The Labute approximate surface area is 120 Å². The Morgan fingerprint density at radius 3 is 2.95 bits per heavy atom. The van der Waals surface area contributed by atoms with Gasteiger partial charge < -0.3 is 15.5 Å². The van der Waals surface area contributed by atoms with Crippen LogP contribution in [-0.4, -0.2) is 26.9 Å². The highest BCUT2D eigenvalue weighted by Crippen LogP contribution is 2.03. The minimum atomic E-state index is -0.607. The fraction of sp³-hybridized carbons (Fsp3) is 0.333. The van der Waals surface area contributed by atoms with Crippen LogP contribution in [0.25, 0.3) is 0 Å². The van der Waals surface area contributed by atoms with Crippen LogP contribution in [0.4, 0.5) is 4.79 Å². The highest BCUT2D eigenvalue weighted by atomic mass is 16.3. The minimum Gasteiger partial charge on any atom is -0.467 e. The van der Waals surface area contributed by atoms with Crippen molar-refractivity contribution in [2.24, 2.45) is 5.73 Å². The molecule has 21 heavy (non-hydrogen) atoms. The molecule has 0 spiro atoms. The topological polar surface area (TPSA) is 128 Å². The summed E-state index contributed by atoms with van der Waals surface area (Å²) in [5, 5.41) is 12.2. The van der Waals surface area contributed by atoms with E-state index in [1.54, 1.807) is 25.3 Å². The Balaban J connectivity index is 1.76. The van der Waals surface area contributed by atoms with Gasteiger partial charge in [0.2, 0.25) is 5.91 Å². The number of carbonyl (C=O) groups is 2. The molecule has 2 aromatic rings. The quantitative estimate of drug-likeness (QED) is 0.707. The first-order valence-corrected chi connectivity index (χ1v) is 6.30. The van der Waals surface area contributed by atoms with E-state index in [4.69, 9.17) is 10.2 Å². The van der Waals surface area contributed by atoms with Crippen molar-refractivity contribution in [2.75, 3.05) is 0 Å². The molecule has 4 N–H and O–H groups in total. The van der Waals surface area contributed by atoms with Crippen molar-refractivity contribution in [3.05, 3.63) is 36.0 Å². The number of rotatable bonds is 5. The van der Waals surface area contributed by atoms with E-state index in [0.717, 1.165) is 0 Å². The van der Waals surface area contributed by atoms with Crippen molar-refractivity contribution in [1.29, 1.82) is 0 Å². The van der Waals surface area contributed by atoms with Crippen molar-refractivity contribution in [1.82, 2.24) is 25.6 Å². The average Bonchev–Trinajstić information content (AvgIpc) is 3.06. The zero-order valence-corrected chi connectivity index (χ0v) is 11.4. The summed E-state index contributed by atoms with van der Waals surface area (Å²) in [6.45, 7) is 1.84. The smallest absolute Gasteiger partial charge is 0.321 e. The number of hydrogen-bond acceptors (Lipinski definition) is 6. The van der Waals surface area contributed by atoms with Crippen LogP contribution in [0, 0.1) is 0 Å². The Hall–Kier alpha value is -2.68. The van der Waals surface area contributed by atoms with Gasteiger partial charge in [-0.25, -0.2) is 9.48 Å². The molecular formula is C12H16N6O3. The number of urea groups is 1. The number of nitrogens with zero attached hydrogens (tertiary/aromatic N) is 3. The molecule has 0 bridgehead atoms. The molecule has 1 atom stereocenters. The average molecular weight is 292 g/mol. The second kappa shape index (κ2) is 6.66. The molecule has 9 nitrogen and oxygen atoms in total. The monoisotopic (exact) mass is 292 g/mol. The van der Waals surface area contributed by atoms with Gasteiger partial charge in [-0.05, 0) is 19.1 Å². The highest BCUT2D eigenvalue weighted by molar-refractivity contribution is 5.94. The molecule has 2 aromatic heterocycles. The molecule has 2 heterocycles. The first-order chi connectivity index (χ1) is 10.0. The Morgan fingerprint density at radius 1 is 1.52 bits per heavy atom. The lowest BCUT2D eigenvalue weighted by molar-refractivity contribution is -0.120. The fourth-order valence-corrected chi connectivity index (χ4v) is 1.54. The zero-order valence-electron chi connectivity index (χ0n) is 11.4. The molecule has 9 heteroatoms. The lowest BCUT2D eigenvalue weighted by Crippen LogP contribution is -2.40. The summed E-state index contributed by atoms with van der Waals surface area (Å²) in [6.07, 6.45) is 3.06. The van der Waals surface area contributed by atoms with E-state index >= 15 is 0 Å². The maximum Gasteiger partial charge on any atom is 0.321 e. The third-order valence-corrected chi connectivity index (χ3v) is 2.58. The molecule has 0 aromatic carbocycles. The largest absolute Gasteiger partial charge is 0.467 e. The normalized spacial score (nSPS) is 11.9. The van der Waals surface area contributed by atoms with Crippen molar-refractivity contribution in [3.8, 4) is 0 Å². The van der Waals surface area contributed by atoms with Crippen LogP contribution in [0.2, 0.25) is 0 Å². The lowest BCUT2D eigenvalue weighted by atomic mass is 10.3. The number of nitrogens with two attached hydrogens (primary N) is 1. The fourth-order valence-electron chi connectivity index (χ4n) is 1.54. The molecule has 112 valence electrons. The Kier molecular flexibility index (Phi) is 4.67. The van der Waals surface area contributed by atoms with E-state index in [-0.39, 0.29) is 19.1 Å². The summed E-state index contributed by atoms with van der Waals surface area (Å²) in [5.41, 5.74) is 6.21. The molecule has 0 saturated carbocycles. The summed E-state index contributed by atoms with van der Waals surface area (Å²) in [7, 11) is 0. The number of amides is 3. The molecule has 0 fully saturated rings. The van der Waals surface area contributed by atoms with E-state index < -0.39 is 11.9 Å². The van der Waals surface area contributed by atoms with Gasteiger partial charge in [-0.2, -0.15) is 0 Å². The molecule has 1 unspecified atom stereocenters. The van der Waals surface area contributed by atoms with Gasteiger partial charge in [0.15, 0.2) is 0 Å². The van der Waals surface area contributed by atoms with Crippen LogP contribution in [-0.2, 0) is 17.9 Å². The maximum atomic E-state index is 11.6. The minimum absolute atomic E-state index is 0.117. The summed E-state index contributed by atoms with van der Waals surface area (Å²) in [6, 6.07) is 2.55. The van der Waals surface area contributed by atoms with Gasteiger partial charge in [-0.15, -0.1) is 5.10 Å². The van der Waals surface area contributed by atoms with E-state index in [2.05, 4.69) is 20.9 Å². The van der Waals surface area contributed by atoms with E-state index in [9.17, 15) is 9.59 Å². The third kappa shape index (κ3) is 4.42. The molecule has 3 amide bonds. The summed E-state index contributed by atoms with van der Waals surface area (Å²) < 4.78 is 6.36. The van der Waals surface area contributed by atoms with Crippen LogP contribution >= 0.6 is 0 Å². The number of imide groups is 1. The first-order valence-electron chi connectivity index (χ1n) is 6.30. The van der Waals surface area contributed by atoms with Gasteiger partial charge in [0.25, 0.3) is 0 Å². The summed E-state index contributed by atoms with van der Waals surface area (Å²) >= 11 is 0. The van der Waals surface area contributed by atoms with Gasteiger partial charge in [-0.1, -0.05) is 5.21 Å². The van der Waals surface area contributed by atoms with Gasteiger partial charge in [-0.3, -0.25) is 10.1 Å². The number of aromatic nitrogens is 3. The second-order valence-corrected chi connectivity index (χ2v) is 4.44. The number of nitrogens with one attached hydrogen (secondary N) is 2. The van der Waals surface area contributed by atoms with Crippen LogP contribution in [0.15, 0.2) is 29.0 Å². The second-order valence-electron chi connectivity index (χ2n) is 4.44. The summed E-state index contributed by atoms with van der Waals surface area (Å²) in [4.78, 5) is 23.2. The molecule has 0 aliphatic carbocycles. The highest BCUT2D eigenvalue weighted by Gasteiger charge is 2.11. The molecule has 0 aliphatic heterocycles. The molecular weight excluding hydrogens is 276 g/mol. The molecule has 0 aliphatic rings. The van der Waals surface area contributed by atoms with Crippen LogP contribution in [0.1, 0.15) is 24.4 Å². The van der Waals surface area contributed by atoms with Crippen molar-refractivity contribution in [3.63, 3.8) is 0 Å². The Bertz CT molecular complexity index is 604. The van der Waals surface area contributed by atoms with Gasteiger partial charge >= 0.3 is 6.03 Å². The van der Waals surface area contributed by atoms with Crippen LogP contribution in [0.5, 0.6) is 0 Å². The third-order valence-electron chi connectivity index (χ3n) is 2.58. The van der Waals surface area contributed by atoms with Gasteiger partial charge in [0.05, 0.1) is 24.7 Å². The zero-order chi connectivity index (χ0) is 15.2. The number of furan rings is 1. The van der Waals surface area contributed by atoms with Crippen LogP contribution in [0.3, 0.4) is 0 Å². The van der Waals surface area contributed by atoms with E-state index in [0.29, 0.717) is 11.5 Å². The maximum absolute atomic E-state index is 11.6. The molecule has 0 radical (unpaired) electrons. The van der Waals surface area contributed by atoms with E-state index in [1.807, 2.05) is 0 Å². The predicted octanol–water partition coefficient (Wildman–Crippen LogP) is -0.0832. The van der Waals surface area contributed by atoms with Gasteiger partial charge in [0, 0.05) is 6.04 Å². The molecule has 2 rings (SSSR count). The van der Waals surface area contributed by atoms with Gasteiger partial charge in [0.1, 0.15) is 12.3 Å². The van der Waals surface area contributed by atoms with Crippen molar-refractivity contribution in [2.45, 2.75) is 26.1 Å². The number of hydrogen-bond donors (Lipinski definition) is 3. The number of carbonyl (C=O) groups excluding carboxylic acids is 2.